The number of hydrogen-bond acceptors (Lipinski definition) is 2. The zero-order valence-corrected chi connectivity index (χ0v) is 14.6. The summed E-state index contributed by atoms with van der Waals surface area (Å²) in [5.74, 6) is 1.01. The van der Waals surface area contributed by atoms with E-state index in [0.29, 0.717) is 0 Å². The number of rotatable bonds is 3. The Morgan fingerprint density at radius 3 is 2.55 bits per heavy atom. The molecule has 0 bridgehead atoms. The van der Waals surface area contributed by atoms with Gasteiger partial charge in [-0.1, -0.05) is 33.8 Å². The number of nitrogens with one attached hydrogen (secondary N) is 1. The molecule has 0 saturated carbocycles. The lowest BCUT2D eigenvalue weighted by molar-refractivity contribution is 0.590. The first kappa shape index (κ1) is 15.3. The lowest BCUT2D eigenvalue weighted by Crippen LogP contribution is -2.17. The van der Waals surface area contributed by atoms with Crippen LogP contribution in [-0.4, -0.2) is 11.5 Å². The average molecular weight is 335 g/mol. The summed E-state index contributed by atoms with van der Waals surface area (Å²) >= 11 is 3.62. The molecular weight excluding hydrogens is 312 g/mol. The van der Waals surface area contributed by atoms with Crippen molar-refractivity contribution in [1.29, 1.82) is 0 Å². The molecule has 20 heavy (non-hydrogen) atoms. The highest BCUT2D eigenvalue weighted by molar-refractivity contribution is 9.10. The fraction of sp³-hybridized carbons (Fsp3) is 0.471. The molecule has 1 aromatic heterocycles. The third kappa shape index (κ3) is 2.98. The predicted molar refractivity (Wildman–Crippen MR) is 91.7 cm³/mol. The number of benzene rings is 1. The number of aromatic nitrogens is 1. The van der Waals surface area contributed by atoms with Gasteiger partial charge in [0.25, 0.3) is 0 Å². The molecule has 0 spiro atoms. The van der Waals surface area contributed by atoms with Crippen LogP contribution in [0.25, 0.3) is 10.9 Å². The van der Waals surface area contributed by atoms with Crippen LogP contribution < -0.4 is 5.32 Å². The van der Waals surface area contributed by atoms with Gasteiger partial charge >= 0.3 is 0 Å². The minimum Gasteiger partial charge on any atom is -0.370 e. The Kier molecular flexibility index (Phi) is 4.38. The van der Waals surface area contributed by atoms with E-state index in [2.05, 4.69) is 74.1 Å². The molecule has 0 aliphatic rings. The second-order valence-corrected chi connectivity index (χ2v) is 7.18. The summed E-state index contributed by atoms with van der Waals surface area (Å²) in [7, 11) is 0. The number of aryl methyl sites for hydroxylation is 1. The van der Waals surface area contributed by atoms with Crippen LogP contribution in [0.2, 0.25) is 0 Å². The van der Waals surface area contributed by atoms with Crippen LogP contribution in [0, 0.1) is 6.92 Å². The molecule has 0 aliphatic heterocycles. The number of nitrogens with zero attached hydrogens (tertiary/aromatic N) is 1. The van der Waals surface area contributed by atoms with E-state index in [1.54, 1.807) is 0 Å². The van der Waals surface area contributed by atoms with Gasteiger partial charge in [-0.2, -0.15) is 0 Å². The van der Waals surface area contributed by atoms with Crippen molar-refractivity contribution in [3.8, 4) is 0 Å². The van der Waals surface area contributed by atoms with Crippen LogP contribution in [0.1, 0.15) is 45.2 Å². The van der Waals surface area contributed by atoms with Crippen LogP contribution in [0.3, 0.4) is 0 Å². The number of fused-ring (bicyclic) bond motifs is 1. The average Bonchev–Trinajstić information content (AvgIpc) is 2.39. The van der Waals surface area contributed by atoms with Crippen LogP contribution in [0.4, 0.5) is 5.82 Å². The summed E-state index contributed by atoms with van der Waals surface area (Å²) in [5.41, 5.74) is 3.66. The van der Waals surface area contributed by atoms with Crippen molar-refractivity contribution in [2.75, 3.05) is 11.9 Å². The van der Waals surface area contributed by atoms with Crippen molar-refractivity contribution in [3.05, 3.63) is 33.8 Å². The largest absolute Gasteiger partial charge is 0.370 e. The number of anilines is 1. The molecule has 0 fully saturated rings. The van der Waals surface area contributed by atoms with Gasteiger partial charge in [0.1, 0.15) is 5.82 Å². The topological polar surface area (TPSA) is 24.9 Å². The molecule has 0 saturated heterocycles. The maximum atomic E-state index is 4.88. The van der Waals surface area contributed by atoms with Gasteiger partial charge in [0.15, 0.2) is 0 Å². The normalized spacial score (nSPS) is 11.9. The molecule has 1 heterocycles. The number of halogens is 1. The standard InChI is InChI=1S/C17H23BrN2/c1-6-9-19-16-13(17(3,4)5)10-12-11(2)7-8-14(18)15(12)20-16/h7-8,10H,6,9H2,1-5H3,(H,19,20). The molecule has 3 heteroatoms. The SMILES string of the molecule is CCCNc1nc2c(Br)ccc(C)c2cc1C(C)(C)C. The second kappa shape index (κ2) is 5.72. The number of hydrogen-bond donors (Lipinski definition) is 1. The maximum Gasteiger partial charge on any atom is 0.130 e. The van der Waals surface area contributed by atoms with Gasteiger partial charge in [0.2, 0.25) is 0 Å². The molecule has 2 rings (SSSR count). The minimum atomic E-state index is 0.0754. The molecule has 0 unspecified atom stereocenters. The molecule has 2 aromatic rings. The third-order valence-electron chi connectivity index (χ3n) is 3.50. The zero-order chi connectivity index (χ0) is 14.9. The fourth-order valence-corrected chi connectivity index (χ4v) is 2.75. The van der Waals surface area contributed by atoms with Crippen molar-refractivity contribution >= 4 is 32.7 Å². The summed E-state index contributed by atoms with van der Waals surface area (Å²) in [5, 5.41) is 4.70. The van der Waals surface area contributed by atoms with Crippen LogP contribution in [0.5, 0.6) is 0 Å². The lowest BCUT2D eigenvalue weighted by atomic mass is 9.86. The Morgan fingerprint density at radius 2 is 1.95 bits per heavy atom. The van der Waals surface area contributed by atoms with E-state index in [4.69, 9.17) is 4.98 Å². The second-order valence-electron chi connectivity index (χ2n) is 6.32. The maximum absolute atomic E-state index is 4.88. The first-order valence-electron chi connectivity index (χ1n) is 7.18. The van der Waals surface area contributed by atoms with Crippen LogP contribution >= 0.6 is 15.9 Å². The molecule has 0 radical (unpaired) electrons. The molecule has 1 aromatic carbocycles. The van der Waals surface area contributed by atoms with Gasteiger partial charge in [0.05, 0.1) is 5.52 Å². The van der Waals surface area contributed by atoms with Gasteiger partial charge in [-0.3, -0.25) is 0 Å². The van der Waals surface area contributed by atoms with Gasteiger partial charge in [0, 0.05) is 22.0 Å². The van der Waals surface area contributed by atoms with E-state index >= 15 is 0 Å². The van der Waals surface area contributed by atoms with Gasteiger partial charge in [-0.25, -0.2) is 4.98 Å². The van der Waals surface area contributed by atoms with Crippen LogP contribution in [-0.2, 0) is 5.41 Å². The van der Waals surface area contributed by atoms with Crippen molar-refractivity contribution < 1.29 is 0 Å². The quantitative estimate of drug-likeness (QED) is 0.809. The van der Waals surface area contributed by atoms with Gasteiger partial charge in [-0.15, -0.1) is 0 Å². The molecule has 0 aliphatic carbocycles. The first-order chi connectivity index (χ1) is 9.34. The summed E-state index contributed by atoms with van der Waals surface area (Å²) in [6.45, 7) is 12.0. The van der Waals surface area contributed by atoms with E-state index in [0.717, 1.165) is 28.8 Å². The summed E-state index contributed by atoms with van der Waals surface area (Å²) < 4.78 is 1.05. The van der Waals surface area contributed by atoms with Gasteiger partial charge in [-0.05, 0) is 52.4 Å². The summed E-state index contributed by atoms with van der Waals surface area (Å²) in [6, 6.07) is 6.51. The summed E-state index contributed by atoms with van der Waals surface area (Å²) in [6.07, 6.45) is 1.10. The fourth-order valence-electron chi connectivity index (χ4n) is 2.31. The van der Waals surface area contributed by atoms with E-state index in [1.165, 1.54) is 16.5 Å². The Balaban J connectivity index is 2.71. The molecule has 108 valence electrons. The molecule has 1 N–H and O–H groups in total. The molecule has 0 atom stereocenters. The summed E-state index contributed by atoms with van der Waals surface area (Å²) in [4.78, 5) is 4.88. The highest BCUT2D eigenvalue weighted by Gasteiger charge is 2.21. The predicted octanol–water partition coefficient (Wildman–Crippen LogP) is 5.43. The Labute approximate surface area is 130 Å². The smallest absolute Gasteiger partial charge is 0.130 e. The van der Waals surface area contributed by atoms with E-state index in [-0.39, 0.29) is 5.41 Å². The third-order valence-corrected chi connectivity index (χ3v) is 4.14. The molecule has 0 amide bonds. The van der Waals surface area contributed by atoms with E-state index < -0.39 is 0 Å². The Bertz CT molecular complexity index is 627. The zero-order valence-electron chi connectivity index (χ0n) is 13.0. The Morgan fingerprint density at radius 1 is 1.25 bits per heavy atom. The monoisotopic (exact) mass is 334 g/mol. The minimum absolute atomic E-state index is 0.0754. The number of pyridine rings is 1. The van der Waals surface area contributed by atoms with E-state index in [9.17, 15) is 0 Å². The first-order valence-corrected chi connectivity index (χ1v) is 7.98. The highest BCUT2D eigenvalue weighted by atomic mass is 79.9. The van der Waals surface area contributed by atoms with E-state index in [1.807, 2.05) is 0 Å². The van der Waals surface area contributed by atoms with Crippen molar-refractivity contribution in [2.24, 2.45) is 0 Å². The van der Waals surface area contributed by atoms with Crippen molar-refractivity contribution in [1.82, 2.24) is 4.98 Å². The highest BCUT2D eigenvalue weighted by Crippen LogP contribution is 2.34. The Hall–Kier alpha value is -1.09. The molecular formula is C17H23BrN2. The van der Waals surface area contributed by atoms with Gasteiger partial charge < -0.3 is 5.32 Å². The van der Waals surface area contributed by atoms with Crippen molar-refractivity contribution in [3.63, 3.8) is 0 Å². The van der Waals surface area contributed by atoms with Crippen molar-refractivity contribution in [2.45, 2.75) is 46.5 Å². The van der Waals surface area contributed by atoms with Crippen LogP contribution in [0.15, 0.2) is 22.7 Å². The lowest BCUT2D eigenvalue weighted by Gasteiger charge is -2.24. The molecule has 2 nitrogen and oxygen atoms in total.